The van der Waals surface area contributed by atoms with Gasteiger partial charge in [0.1, 0.15) is 0 Å². The van der Waals surface area contributed by atoms with E-state index >= 15 is 0 Å². The molecule has 1 aliphatic carbocycles. The van der Waals surface area contributed by atoms with Crippen molar-refractivity contribution in [3.05, 3.63) is 23.8 Å². The maximum Gasteiger partial charge on any atom is 0.311 e. The molecule has 0 amide bonds. The largest absolute Gasteiger partial charge is 0.481 e. The number of fused-ring (bicyclic) bond motifs is 1. The van der Waals surface area contributed by atoms with Crippen LogP contribution in [0.5, 0.6) is 11.5 Å². The van der Waals surface area contributed by atoms with E-state index in [-0.39, 0.29) is 6.79 Å². The molecule has 0 bridgehead atoms. The monoisotopic (exact) mass is 235 g/mol. The van der Waals surface area contributed by atoms with Gasteiger partial charge in [0.25, 0.3) is 0 Å². The summed E-state index contributed by atoms with van der Waals surface area (Å²) in [6.07, 6.45) is 1.27. The second-order valence-corrected chi connectivity index (χ2v) is 4.55. The Bertz CT molecular complexity index is 481. The van der Waals surface area contributed by atoms with Gasteiger partial charge in [-0.05, 0) is 30.5 Å². The second kappa shape index (κ2) is 3.37. The minimum Gasteiger partial charge on any atom is -0.481 e. The van der Waals surface area contributed by atoms with Crippen molar-refractivity contribution in [1.29, 1.82) is 0 Å². The summed E-state index contributed by atoms with van der Waals surface area (Å²) in [6, 6.07) is 4.86. The molecule has 1 aromatic carbocycles. The molecule has 1 aliphatic heterocycles. The van der Waals surface area contributed by atoms with Crippen molar-refractivity contribution in [1.82, 2.24) is 0 Å². The van der Waals surface area contributed by atoms with Gasteiger partial charge in [0.2, 0.25) is 6.79 Å². The third kappa shape index (κ3) is 1.46. The first kappa shape index (κ1) is 10.4. The molecule has 90 valence electrons. The van der Waals surface area contributed by atoms with Gasteiger partial charge < -0.3 is 20.3 Å². The summed E-state index contributed by atoms with van der Waals surface area (Å²) in [5, 5.41) is 9.19. The van der Waals surface area contributed by atoms with Crippen LogP contribution >= 0.6 is 0 Å². The number of carbonyl (C=O) groups is 1. The lowest BCUT2D eigenvalue weighted by Gasteiger charge is -2.19. The molecule has 3 N–H and O–H groups in total. The summed E-state index contributed by atoms with van der Waals surface area (Å²) in [4.78, 5) is 11.2. The van der Waals surface area contributed by atoms with E-state index in [4.69, 9.17) is 15.2 Å². The molecule has 0 saturated heterocycles. The van der Waals surface area contributed by atoms with Crippen LogP contribution in [-0.2, 0) is 4.79 Å². The van der Waals surface area contributed by atoms with Crippen molar-refractivity contribution in [2.75, 3.05) is 6.79 Å². The van der Waals surface area contributed by atoms with Crippen LogP contribution in [0.4, 0.5) is 0 Å². The van der Waals surface area contributed by atoms with E-state index < -0.39 is 17.4 Å². The van der Waals surface area contributed by atoms with Crippen LogP contribution in [0.2, 0.25) is 0 Å². The molecule has 1 fully saturated rings. The summed E-state index contributed by atoms with van der Waals surface area (Å²) in [5.41, 5.74) is 6.06. The van der Waals surface area contributed by atoms with Crippen molar-refractivity contribution in [2.24, 2.45) is 11.1 Å². The van der Waals surface area contributed by atoms with Crippen LogP contribution in [0.15, 0.2) is 18.2 Å². The standard InChI is InChI=1S/C12H13NO4/c13-10(12(3-4-12)11(14)15)7-1-2-8-9(5-7)17-6-16-8/h1-2,5,10H,3-4,6,13H2,(H,14,15). The molecular weight excluding hydrogens is 222 g/mol. The van der Waals surface area contributed by atoms with Crippen LogP contribution in [0.25, 0.3) is 0 Å². The molecule has 0 spiro atoms. The van der Waals surface area contributed by atoms with Crippen LogP contribution in [0, 0.1) is 5.41 Å². The molecule has 1 unspecified atom stereocenters. The number of hydrogen-bond acceptors (Lipinski definition) is 4. The first-order valence-corrected chi connectivity index (χ1v) is 5.52. The zero-order chi connectivity index (χ0) is 12.0. The lowest BCUT2D eigenvalue weighted by molar-refractivity contribution is -0.144. The maximum atomic E-state index is 11.2. The molecule has 0 aromatic heterocycles. The molecule has 1 aromatic rings. The number of ether oxygens (including phenoxy) is 2. The minimum absolute atomic E-state index is 0.206. The number of carboxylic acids is 1. The van der Waals surface area contributed by atoms with Crippen molar-refractivity contribution in [3.63, 3.8) is 0 Å². The predicted molar refractivity (Wildman–Crippen MR) is 58.8 cm³/mol. The minimum atomic E-state index is -0.817. The van der Waals surface area contributed by atoms with E-state index in [1.54, 1.807) is 18.2 Å². The second-order valence-electron chi connectivity index (χ2n) is 4.55. The molecule has 1 atom stereocenters. The Morgan fingerprint density at radius 1 is 1.35 bits per heavy atom. The fourth-order valence-electron chi connectivity index (χ4n) is 2.22. The third-order valence-corrected chi connectivity index (χ3v) is 3.57. The quantitative estimate of drug-likeness (QED) is 0.824. The Kier molecular flexibility index (Phi) is 2.06. The Hall–Kier alpha value is -1.75. The van der Waals surface area contributed by atoms with Crippen LogP contribution in [-0.4, -0.2) is 17.9 Å². The smallest absolute Gasteiger partial charge is 0.311 e. The highest BCUT2D eigenvalue weighted by molar-refractivity contribution is 5.79. The Morgan fingerprint density at radius 3 is 2.71 bits per heavy atom. The SMILES string of the molecule is NC(c1ccc2c(c1)OCO2)C1(C(=O)O)CC1. The number of benzene rings is 1. The normalized spacial score (nSPS) is 21.0. The summed E-state index contributed by atoms with van der Waals surface area (Å²) < 4.78 is 10.5. The van der Waals surface area contributed by atoms with Gasteiger partial charge in [-0.2, -0.15) is 0 Å². The fourth-order valence-corrected chi connectivity index (χ4v) is 2.22. The van der Waals surface area contributed by atoms with Gasteiger partial charge in [0.15, 0.2) is 11.5 Å². The summed E-state index contributed by atoms with van der Waals surface area (Å²) in [6.45, 7) is 0.206. The molecule has 17 heavy (non-hydrogen) atoms. The average molecular weight is 235 g/mol. The molecule has 5 heteroatoms. The molecule has 0 radical (unpaired) electrons. The van der Waals surface area contributed by atoms with Crippen molar-refractivity contribution in [2.45, 2.75) is 18.9 Å². The zero-order valence-corrected chi connectivity index (χ0v) is 9.18. The number of nitrogens with two attached hydrogens (primary N) is 1. The molecule has 1 saturated carbocycles. The molecule has 5 nitrogen and oxygen atoms in total. The molecule has 2 aliphatic rings. The van der Waals surface area contributed by atoms with Gasteiger partial charge in [-0.3, -0.25) is 4.79 Å². The lowest BCUT2D eigenvalue weighted by Crippen LogP contribution is -2.29. The number of hydrogen-bond donors (Lipinski definition) is 2. The van der Waals surface area contributed by atoms with Crippen LogP contribution in [0.3, 0.4) is 0 Å². The highest BCUT2D eigenvalue weighted by atomic mass is 16.7. The first-order valence-electron chi connectivity index (χ1n) is 5.52. The Morgan fingerprint density at radius 2 is 2.06 bits per heavy atom. The molecular formula is C12H13NO4. The summed E-state index contributed by atoms with van der Waals surface area (Å²) in [5.74, 6) is 0.503. The topological polar surface area (TPSA) is 81.8 Å². The molecule has 3 rings (SSSR count). The van der Waals surface area contributed by atoms with E-state index in [2.05, 4.69) is 0 Å². The number of rotatable bonds is 3. The van der Waals surface area contributed by atoms with E-state index in [1.165, 1.54) is 0 Å². The first-order chi connectivity index (χ1) is 8.13. The van der Waals surface area contributed by atoms with Crippen LogP contribution in [0.1, 0.15) is 24.4 Å². The number of carboxylic acid groups (broad SMARTS) is 1. The number of aliphatic carboxylic acids is 1. The van der Waals surface area contributed by atoms with Gasteiger partial charge >= 0.3 is 5.97 Å². The predicted octanol–water partition coefficient (Wildman–Crippen LogP) is 1.28. The van der Waals surface area contributed by atoms with Gasteiger partial charge in [-0.1, -0.05) is 6.07 Å². The van der Waals surface area contributed by atoms with Gasteiger partial charge in [0, 0.05) is 6.04 Å². The fraction of sp³-hybridized carbons (Fsp3) is 0.417. The Labute approximate surface area is 98.1 Å². The zero-order valence-electron chi connectivity index (χ0n) is 9.18. The van der Waals surface area contributed by atoms with Crippen molar-refractivity contribution >= 4 is 5.97 Å². The van der Waals surface area contributed by atoms with Gasteiger partial charge in [-0.15, -0.1) is 0 Å². The van der Waals surface area contributed by atoms with E-state index in [1.807, 2.05) is 0 Å². The van der Waals surface area contributed by atoms with Gasteiger partial charge in [0.05, 0.1) is 5.41 Å². The van der Waals surface area contributed by atoms with Crippen molar-refractivity contribution < 1.29 is 19.4 Å². The summed E-state index contributed by atoms with van der Waals surface area (Å²) >= 11 is 0. The third-order valence-electron chi connectivity index (χ3n) is 3.57. The van der Waals surface area contributed by atoms with E-state index in [0.29, 0.717) is 24.3 Å². The van der Waals surface area contributed by atoms with E-state index in [0.717, 1.165) is 5.56 Å². The van der Waals surface area contributed by atoms with Crippen LogP contribution < -0.4 is 15.2 Å². The summed E-state index contributed by atoms with van der Waals surface area (Å²) in [7, 11) is 0. The lowest BCUT2D eigenvalue weighted by atomic mass is 9.91. The molecule has 1 heterocycles. The highest BCUT2D eigenvalue weighted by Crippen LogP contribution is 2.54. The Balaban J connectivity index is 1.92. The maximum absolute atomic E-state index is 11.2. The van der Waals surface area contributed by atoms with E-state index in [9.17, 15) is 9.90 Å². The van der Waals surface area contributed by atoms with Gasteiger partial charge in [-0.25, -0.2) is 0 Å². The average Bonchev–Trinajstić information content (AvgIpc) is 3.00. The highest BCUT2D eigenvalue weighted by Gasteiger charge is 2.55. The van der Waals surface area contributed by atoms with Crippen molar-refractivity contribution in [3.8, 4) is 11.5 Å².